The van der Waals surface area contributed by atoms with Crippen molar-refractivity contribution < 1.29 is 13.5 Å². The van der Waals surface area contributed by atoms with Gasteiger partial charge in [-0.15, -0.1) is 0 Å². The molecule has 0 aliphatic rings. The van der Waals surface area contributed by atoms with Crippen molar-refractivity contribution in [1.82, 2.24) is 0 Å². The second kappa shape index (κ2) is 4.35. The third-order valence-corrected chi connectivity index (χ3v) is 5.48. The van der Waals surface area contributed by atoms with Crippen LogP contribution in [0.1, 0.15) is 26.3 Å². The molecular formula is C11H16BrNO3S. The molecule has 6 heteroatoms. The van der Waals surface area contributed by atoms with Crippen LogP contribution in [-0.4, -0.2) is 19.1 Å². The van der Waals surface area contributed by atoms with E-state index >= 15 is 0 Å². The summed E-state index contributed by atoms with van der Waals surface area (Å²) in [6.07, 6.45) is 0. The van der Waals surface area contributed by atoms with Crippen LogP contribution in [0.2, 0.25) is 0 Å². The second-order valence-corrected chi connectivity index (χ2v) is 7.47. The molecule has 0 aliphatic heterocycles. The van der Waals surface area contributed by atoms with E-state index < -0.39 is 20.4 Å². The smallest absolute Gasteiger partial charge is 0.221 e. The van der Waals surface area contributed by atoms with Gasteiger partial charge in [0.2, 0.25) is 10.0 Å². The van der Waals surface area contributed by atoms with Crippen molar-refractivity contribution in [3.63, 3.8) is 0 Å². The molecule has 1 unspecified atom stereocenters. The van der Waals surface area contributed by atoms with Crippen LogP contribution < -0.4 is 5.14 Å². The summed E-state index contributed by atoms with van der Waals surface area (Å²) in [5.41, 5.74) is -1.05. The van der Waals surface area contributed by atoms with E-state index in [4.69, 9.17) is 5.14 Å². The summed E-state index contributed by atoms with van der Waals surface area (Å²) in [7, 11) is -3.96. The van der Waals surface area contributed by atoms with Gasteiger partial charge in [-0.05, 0) is 38.5 Å². The van der Waals surface area contributed by atoms with Gasteiger partial charge in [0.15, 0.2) is 0 Å². The molecule has 3 N–H and O–H groups in total. The van der Waals surface area contributed by atoms with Gasteiger partial charge in [0.25, 0.3) is 0 Å². The molecule has 0 amide bonds. The molecule has 1 aromatic carbocycles. The molecule has 0 bridgehead atoms. The van der Waals surface area contributed by atoms with E-state index in [0.29, 0.717) is 5.56 Å². The zero-order valence-electron chi connectivity index (χ0n) is 9.94. The lowest BCUT2D eigenvalue weighted by Crippen LogP contribution is -2.53. The fourth-order valence-corrected chi connectivity index (χ4v) is 3.20. The molecule has 17 heavy (non-hydrogen) atoms. The van der Waals surface area contributed by atoms with Gasteiger partial charge < -0.3 is 5.11 Å². The Hall–Kier alpha value is -0.430. The molecule has 1 aromatic rings. The lowest BCUT2D eigenvalue weighted by atomic mass is 9.85. The fourth-order valence-electron chi connectivity index (χ4n) is 1.65. The first-order valence-corrected chi connectivity index (χ1v) is 7.35. The number of hydrogen-bond donors (Lipinski definition) is 2. The van der Waals surface area contributed by atoms with Crippen LogP contribution in [0.25, 0.3) is 0 Å². The van der Waals surface area contributed by atoms with Crippen LogP contribution in [0.5, 0.6) is 0 Å². The van der Waals surface area contributed by atoms with Gasteiger partial charge in [0.05, 0.1) is 5.60 Å². The van der Waals surface area contributed by atoms with E-state index in [0.717, 1.165) is 4.47 Å². The molecule has 4 nitrogen and oxygen atoms in total. The highest BCUT2D eigenvalue weighted by atomic mass is 79.9. The molecule has 0 saturated heterocycles. The van der Waals surface area contributed by atoms with Crippen LogP contribution in [0, 0.1) is 0 Å². The van der Waals surface area contributed by atoms with Crippen molar-refractivity contribution in [1.29, 1.82) is 0 Å². The minimum atomic E-state index is -3.96. The number of aliphatic hydroxyl groups is 1. The van der Waals surface area contributed by atoms with E-state index in [1.807, 2.05) is 0 Å². The van der Waals surface area contributed by atoms with Crippen molar-refractivity contribution in [2.75, 3.05) is 0 Å². The zero-order valence-corrected chi connectivity index (χ0v) is 12.3. The van der Waals surface area contributed by atoms with Gasteiger partial charge in [-0.3, -0.25) is 0 Å². The summed E-state index contributed by atoms with van der Waals surface area (Å²) in [6, 6.07) is 6.75. The number of nitrogens with two attached hydrogens (primary N) is 1. The average molecular weight is 322 g/mol. The van der Waals surface area contributed by atoms with E-state index in [1.54, 1.807) is 24.3 Å². The highest BCUT2D eigenvalue weighted by Gasteiger charge is 2.50. The molecule has 96 valence electrons. The Morgan fingerprint density at radius 3 is 2.18 bits per heavy atom. The molecule has 1 atom stereocenters. The first kappa shape index (κ1) is 14.6. The molecule has 0 heterocycles. The maximum absolute atomic E-state index is 11.8. The summed E-state index contributed by atoms with van der Waals surface area (Å²) in [6.45, 7) is 4.28. The molecule has 0 aliphatic carbocycles. The predicted octanol–water partition coefficient (Wildman–Crippen LogP) is 1.72. The first-order valence-electron chi connectivity index (χ1n) is 5.01. The quantitative estimate of drug-likeness (QED) is 0.889. The van der Waals surface area contributed by atoms with Gasteiger partial charge in [-0.25, -0.2) is 13.6 Å². The minimum Gasteiger partial charge on any atom is -0.388 e. The molecular weight excluding hydrogens is 306 g/mol. The van der Waals surface area contributed by atoms with Gasteiger partial charge >= 0.3 is 0 Å². The number of primary sulfonamides is 1. The Balaban J connectivity index is 3.58. The summed E-state index contributed by atoms with van der Waals surface area (Å²) < 4.78 is 22.8. The summed E-state index contributed by atoms with van der Waals surface area (Å²) in [5.74, 6) is 0. The minimum absolute atomic E-state index is 0.446. The molecule has 0 radical (unpaired) electrons. The number of hydrogen-bond acceptors (Lipinski definition) is 3. The summed E-state index contributed by atoms with van der Waals surface area (Å²) in [5, 5.41) is 15.4. The topological polar surface area (TPSA) is 80.4 Å². The lowest BCUT2D eigenvalue weighted by molar-refractivity contribution is 0.0373. The van der Waals surface area contributed by atoms with E-state index in [1.165, 1.54) is 20.8 Å². The monoisotopic (exact) mass is 321 g/mol. The first-order chi connectivity index (χ1) is 7.50. The molecule has 0 fully saturated rings. The van der Waals surface area contributed by atoms with Crippen molar-refractivity contribution in [2.24, 2.45) is 5.14 Å². The Kier molecular flexibility index (Phi) is 3.74. The zero-order chi connectivity index (χ0) is 13.5. The summed E-state index contributed by atoms with van der Waals surface area (Å²) in [4.78, 5) is 0. The molecule has 0 saturated carbocycles. The van der Waals surface area contributed by atoms with Crippen LogP contribution in [0.15, 0.2) is 28.7 Å². The largest absolute Gasteiger partial charge is 0.388 e. The second-order valence-electron chi connectivity index (χ2n) is 4.65. The van der Waals surface area contributed by atoms with Crippen molar-refractivity contribution >= 4 is 26.0 Å². The van der Waals surface area contributed by atoms with E-state index in [9.17, 15) is 13.5 Å². The molecule has 1 rings (SSSR count). The Morgan fingerprint density at radius 2 is 1.82 bits per heavy atom. The summed E-state index contributed by atoms with van der Waals surface area (Å²) >= 11 is 3.27. The maximum atomic E-state index is 11.8. The highest BCUT2D eigenvalue weighted by Crippen LogP contribution is 2.39. The maximum Gasteiger partial charge on any atom is 0.221 e. The number of benzene rings is 1. The number of rotatable bonds is 3. The van der Waals surface area contributed by atoms with Crippen LogP contribution in [0.3, 0.4) is 0 Å². The van der Waals surface area contributed by atoms with Gasteiger partial charge in [0, 0.05) is 4.47 Å². The predicted molar refractivity (Wildman–Crippen MR) is 70.9 cm³/mol. The van der Waals surface area contributed by atoms with Crippen molar-refractivity contribution in [2.45, 2.75) is 31.1 Å². The number of sulfonamides is 1. The Bertz CT molecular complexity index is 522. The Labute approximate surface area is 110 Å². The third-order valence-electron chi connectivity index (χ3n) is 3.11. The number of halogens is 1. The normalized spacial score (nSPS) is 16.6. The molecule has 0 spiro atoms. The lowest BCUT2D eigenvalue weighted by Gasteiger charge is -2.38. The van der Waals surface area contributed by atoms with Gasteiger partial charge in [-0.1, -0.05) is 28.1 Å². The van der Waals surface area contributed by atoms with E-state index in [2.05, 4.69) is 15.9 Å². The van der Waals surface area contributed by atoms with E-state index in [-0.39, 0.29) is 0 Å². The van der Waals surface area contributed by atoms with Crippen LogP contribution in [-0.2, 0) is 14.8 Å². The van der Waals surface area contributed by atoms with Gasteiger partial charge in [0.1, 0.15) is 4.75 Å². The SMILES string of the molecule is CC(C)(O)C(C)(c1cccc(Br)c1)S(N)(=O)=O. The van der Waals surface area contributed by atoms with Gasteiger partial charge in [-0.2, -0.15) is 0 Å². The van der Waals surface area contributed by atoms with Crippen molar-refractivity contribution in [3.8, 4) is 0 Å². The fraction of sp³-hybridized carbons (Fsp3) is 0.455. The molecule has 0 aromatic heterocycles. The van der Waals surface area contributed by atoms with Crippen molar-refractivity contribution in [3.05, 3.63) is 34.3 Å². The standard InChI is InChI=1S/C11H16BrNO3S/c1-10(2,14)11(3,17(13,15)16)8-5-4-6-9(12)7-8/h4-7,14H,1-3H3,(H2,13,15,16). The third kappa shape index (κ3) is 2.54. The highest BCUT2D eigenvalue weighted by molar-refractivity contribution is 9.10. The van der Waals surface area contributed by atoms with Crippen LogP contribution >= 0.6 is 15.9 Å². The average Bonchev–Trinajstić information content (AvgIpc) is 2.12. The Morgan fingerprint density at radius 1 is 1.29 bits per heavy atom. The van der Waals surface area contributed by atoms with Crippen LogP contribution in [0.4, 0.5) is 0 Å².